The normalized spacial score (nSPS) is 24.7. The van der Waals surface area contributed by atoms with Gasteiger partial charge in [0, 0.05) is 16.3 Å². The Morgan fingerprint density at radius 2 is 2.07 bits per heavy atom. The van der Waals surface area contributed by atoms with Gasteiger partial charge in [0.15, 0.2) is 0 Å². The van der Waals surface area contributed by atoms with Crippen LogP contribution >= 0.6 is 11.3 Å². The number of aryl methyl sites for hydroxylation is 1. The summed E-state index contributed by atoms with van der Waals surface area (Å²) in [5.74, 6) is 0. The molecule has 0 spiro atoms. The first kappa shape index (κ1) is 9.82. The van der Waals surface area contributed by atoms with Crippen molar-refractivity contribution in [1.82, 2.24) is 0 Å². The van der Waals surface area contributed by atoms with Gasteiger partial charge in [-0.25, -0.2) is 0 Å². The van der Waals surface area contributed by atoms with Gasteiger partial charge in [-0.15, -0.1) is 11.3 Å². The molecule has 2 aliphatic rings. The Morgan fingerprint density at radius 3 is 2.93 bits per heavy atom. The van der Waals surface area contributed by atoms with Gasteiger partial charge in [0.25, 0.3) is 0 Å². The summed E-state index contributed by atoms with van der Waals surface area (Å²) in [7, 11) is 0. The van der Waals surface area contributed by atoms with Gasteiger partial charge < -0.3 is 10.5 Å². The van der Waals surface area contributed by atoms with E-state index in [1.807, 2.05) is 11.3 Å². The first-order chi connectivity index (χ1) is 7.40. The van der Waals surface area contributed by atoms with Gasteiger partial charge in [-0.3, -0.25) is 0 Å². The van der Waals surface area contributed by atoms with Crippen LogP contribution in [-0.4, -0.2) is 13.2 Å². The summed E-state index contributed by atoms with van der Waals surface area (Å²) in [5.41, 5.74) is 9.01. The van der Waals surface area contributed by atoms with E-state index in [2.05, 4.69) is 0 Å². The van der Waals surface area contributed by atoms with Gasteiger partial charge in [-0.2, -0.15) is 0 Å². The van der Waals surface area contributed by atoms with Crippen LogP contribution in [0.15, 0.2) is 0 Å². The van der Waals surface area contributed by atoms with Gasteiger partial charge in [0.2, 0.25) is 0 Å². The maximum atomic E-state index is 5.76. The number of nitrogens with two attached hydrogens (primary N) is 1. The molecule has 2 N–H and O–H groups in total. The molecule has 0 fully saturated rings. The highest BCUT2D eigenvalue weighted by atomic mass is 32.1. The second kappa shape index (κ2) is 3.89. The third-order valence-corrected chi connectivity index (χ3v) is 4.92. The number of hydrogen-bond donors (Lipinski definition) is 1. The summed E-state index contributed by atoms with van der Waals surface area (Å²) >= 11 is 1.97. The SMILES string of the molecule is NCC1OCCc2c1sc1c2CCCC1. The number of fused-ring (bicyclic) bond motifs is 3. The lowest BCUT2D eigenvalue weighted by Gasteiger charge is -2.22. The third-order valence-electron chi connectivity index (χ3n) is 3.49. The van der Waals surface area contributed by atoms with Crippen LogP contribution in [0, 0.1) is 0 Å². The Bertz CT molecular complexity index is 372. The highest BCUT2D eigenvalue weighted by molar-refractivity contribution is 7.12. The van der Waals surface area contributed by atoms with Crippen LogP contribution in [0.2, 0.25) is 0 Å². The lowest BCUT2D eigenvalue weighted by Crippen LogP contribution is -2.22. The molecule has 0 bridgehead atoms. The summed E-state index contributed by atoms with van der Waals surface area (Å²) in [6, 6.07) is 0. The van der Waals surface area contributed by atoms with Crippen LogP contribution < -0.4 is 5.73 Å². The fourth-order valence-corrected chi connectivity index (χ4v) is 4.25. The monoisotopic (exact) mass is 223 g/mol. The maximum absolute atomic E-state index is 5.76. The molecule has 3 heteroatoms. The van der Waals surface area contributed by atoms with Crippen LogP contribution in [0.25, 0.3) is 0 Å². The zero-order chi connectivity index (χ0) is 10.3. The molecule has 1 unspecified atom stereocenters. The smallest absolute Gasteiger partial charge is 0.104 e. The van der Waals surface area contributed by atoms with Crippen molar-refractivity contribution in [2.24, 2.45) is 5.73 Å². The van der Waals surface area contributed by atoms with Crippen molar-refractivity contribution >= 4 is 11.3 Å². The molecule has 0 aromatic carbocycles. The van der Waals surface area contributed by atoms with E-state index in [0.29, 0.717) is 6.54 Å². The molecule has 1 aliphatic heterocycles. The fraction of sp³-hybridized carbons (Fsp3) is 0.667. The van der Waals surface area contributed by atoms with E-state index in [0.717, 1.165) is 13.0 Å². The maximum Gasteiger partial charge on any atom is 0.104 e. The molecule has 0 saturated carbocycles. The van der Waals surface area contributed by atoms with Crippen LogP contribution in [0.5, 0.6) is 0 Å². The summed E-state index contributed by atoms with van der Waals surface area (Å²) in [4.78, 5) is 3.06. The quantitative estimate of drug-likeness (QED) is 0.792. The average molecular weight is 223 g/mol. The number of hydrogen-bond acceptors (Lipinski definition) is 3. The second-order valence-corrected chi connectivity index (χ2v) is 5.54. The third kappa shape index (κ3) is 1.53. The zero-order valence-electron chi connectivity index (χ0n) is 8.92. The van der Waals surface area contributed by atoms with Gasteiger partial charge in [0.1, 0.15) is 6.10 Å². The molecule has 2 nitrogen and oxygen atoms in total. The summed E-state index contributed by atoms with van der Waals surface area (Å²) in [5, 5.41) is 0. The van der Waals surface area contributed by atoms with Crippen molar-refractivity contribution in [1.29, 1.82) is 0 Å². The van der Waals surface area contributed by atoms with E-state index in [1.54, 1.807) is 16.0 Å². The van der Waals surface area contributed by atoms with Crippen molar-refractivity contribution in [2.45, 2.75) is 38.2 Å². The molecule has 1 aliphatic carbocycles. The predicted octanol–water partition coefficient (Wildman–Crippen LogP) is 2.20. The molecule has 1 aromatic rings. The van der Waals surface area contributed by atoms with Crippen LogP contribution in [0.1, 0.15) is 39.8 Å². The minimum Gasteiger partial charge on any atom is -0.371 e. The highest BCUT2D eigenvalue weighted by Crippen LogP contribution is 2.40. The Hall–Kier alpha value is -0.380. The van der Waals surface area contributed by atoms with Crippen molar-refractivity contribution in [3.8, 4) is 0 Å². The van der Waals surface area contributed by atoms with Crippen LogP contribution in [0.4, 0.5) is 0 Å². The zero-order valence-corrected chi connectivity index (χ0v) is 9.74. The lowest BCUT2D eigenvalue weighted by atomic mass is 9.92. The van der Waals surface area contributed by atoms with E-state index in [1.165, 1.54) is 30.6 Å². The molecular weight excluding hydrogens is 206 g/mol. The Kier molecular flexibility index (Phi) is 2.54. The van der Waals surface area contributed by atoms with Gasteiger partial charge in [0.05, 0.1) is 6.61 Å². The Balaban J connectivity index is 2.06. The molecule has 1 atom stereocenters. The topological polar surface area (TPSA) is 35.2 Å². The van der Waals surface area contributed by atoms with Crippen LogP contribution in [-0.2, 0) is 24.0 Å². The van der Waals surface area contributed by atoms with Gasteiger partial charge in [-0.05, 0) is 43.2 Å². The molecule has 0 amide bonds. The summed E-state index contributed by atoms with van der Waals surface area (Å²) in [6.07, 6.45) is 6.59. The average Bonchev–Trinajstić information content (AvgIpc) is 2.67. The van der Waals surface area contributed by atoms with Gasteiger partial charge in [-0.1, -0.05) is 0 Å². The standard InChI is InChI=1S/C12H17NOS/c13-7-10-12-9(5-6-14-10)8-3-1-2-4-11(8)15-12/h10H,1-7,13H2. The van der Waals surface area contributed by atoms with E-state index in [4.69, 9.17) is 10.5 Å². The summed E-state index contributed by atoms with van der Waals surface area (Å²) in [6.45, 7) is 1.49. The first-order valence-electron chi connectivity index (χ1n) is 5.85. The minimum absolute atomic E-state index is 0.185. The van der Waals surface area contributed by atoms with Crippen molar-refractivity contribution in [2.75, 3.05) is 13.2 Å². The van der Waals surface area contributed by atoms with Crippen molar-refractivity contribution in [3.63, 3.8) is 0 Å². The molecule has 0 saturated heterocycles. The van der Waals surface area contributed by atoms with Gasteiger partial charge >= 0.3 is 0 Å². The van der Waals surface area contributed by atoms with Crippen molar-refractivity contribution in [3.05, 3.63) is 20.9 Å². The molecule has 3 rings (SSSR count). The molecule has 0 radical (unpaired) electrons. The number of rotatable bonds is 1. The summed E-state index contributed by atoms with van der Waals surface area (Å²) < 4.78 is 5.72. The van der Waals surface area contributed by atoms with E-state index in [-0.39, 0.29) is 6.10 Å². The fourth-order valence-electron chi connectivity index (χ4n) is 2.74. The van der Waals surface area contributed by atoms with Crippen molar-refractivity contribution < 1.29 is 4.74 Å². The minimum atomic E-state index is 0.185. The molecule has 2 heterocycles. The largest absolute Gasteiger partial charge is 0.371 e. The first-order valence-corrected chi connectivity index (χ1v) is 6.66. The number of ether oxygens (including phenoxy) is 1. The Morgan fingerprint density at radius 1 is 1.20 bits per heavy atom. The molecular formula is C12H17NOS. The molecule has 1 aromatic heterocycles. The van der Waals surface area contributed by atoms with E-state index < -0.39 is 0 Å². The number of thiophene rings is 1. The molecule has 15 heavy (non-hydrogen) atoms. The van der Waals surface area contributed by atoms with E-state index >= 15 is 0 Å². The predicted molar refractivity (Wildman–Crippen MR) is 62.4 cm³/mol. The highest BCUT2D eigenvalue weighted by Gasteiger charge is 2.27. The van der Waals surface area contributed by atoms with Crippen LogP contribution in [0.3, 0.4) is 0 Å². The molecule has 82 valence electrons. The Labute approximate surface area is 94.4 Å². The second-order valence-electron chi connectivity index (χ2n) is 4.40. The lowest BCUT2D eigenvalue weighted by molar-refractivity contribution is 0.0513. The van der Waals surface area contributed by atoms with E-state index in [9.17, 15) is 0 Å².